The molecule has 10 nitrogen and oxygen atoms in total. The van der Waals surface area contributed by atoms with E-state index in [0.717, 1.165) is 12.1 Å². The minimum absolute atomic E-state index is 0.202. The topological polar surface area (TPSA) is 99.1 Å². The van der Waals surface area contributed by atoms with Gasteiger partial charge >= 0.3 is 6.03 Å². The Kier molecular flexibility index (Phi) is 9.25. The maximum absolute atomic E-state index is 14.1. The van der Waals surface area contributed by atoms with Gasteiger partial charge in [-0.2, -0.15) is 0 Å². The highest BCUT2D eigenvalue weighted by Crippen LogP contribution is 2.32. The van der Waals surface area contributed by atoms with Gasteiger partial charge in [0.1, 0.15) is 18.5 Å². The van der Waals surface area contributed by atoms with Crippen molar-refractivity contribution >= 4 is 11.8 Å². The van der Waals surface area contributed by atoms with E-state index >= 15 is 0 Å². The average molecular weight is 604 g/mol. The van der Waals surface area contributed by atoms with E-state index in [2.05, 4.69) is 15.7 Å². The molecule has 0 spiro atoms. The minimum atomic E-state index is -1.53. The van der Waals surface area contributed by atoms with Gasteiger partial charge in [-0.3, -0.25) is 10.2 Å². The SMILES string of the molecule is COCCN1C[C@@H](NC(=O)Nc2c(C)c(OC[C@H]3COC(C)(C)O3)nn2-c2ccccc2)[C@H](c2cc(F)c(F)c(F)c2)C1. The first kappa shape index (κ1) is 30.8. The van der Waals surface area contributed by atoms with E-state index in [1.807, 2.05) is 49.1 Å². The Balaban J connectivity index is 1.36. The summed E-state index contributed by atoms with van der Waals surface area (Å²) < 4.78 is 66.2. The molecular weight excluding hydrogens is 567 g/mol. The van der Waals surface area contributed by atoms with Gasteiger partial charge in [0.15, 0.2) is 23.2 Å². The number of ether oxygens (including phenoxy) is 4. The molecule has 2 N–H and O–H groups in total. The molecule has 3 aromatic rings. The molecule has 232 valence electrons. The molecule has 2 aromatic carbocycles. The number of carbonyl (C=O) groups is 1. The Morgan fingerprint density at radius 1 is 1.14 bits per heavy atom. The summed E-state index contributed by atoms with van der Waals surface area (Å²) in [5.74, 6) is -4.58. The Morgan fingerprint density at radius 3 is 2.51 bits per heavy atom. The third-order valence-electron chi connectivity index (χ3n) is 7.54. The number of hydrogen-bond acceptors (Lipinski definition) is 7. The number of urea groups is 1. The first-order chi connectivity index (χ1) is 20.5. The zero-order chi connectivity index (χ0) is 30.7. The Hall–Kier alpha value is -3.65. The molecule has 5 rings (SSSR count). The van der Waals surface area contributed by atoms with Crippen LogP contribution in [0.1, 0.15) is 30.9 Å². The van der Waals surface area contributed by atoms with Gasteiger partial charge in [-0.1, -0.05) is 18.2 Å². The molecule has 2 amide bonds. The zero-order valence-corrected chi connectivity index (χ0v) is 24.5. The molecule has 0 saturated carbocycles. The normalized spacial score (nSPS) is 21.7. The molecular formula is C30H36F3N5O5. The van der Waals surface area contributed by atoms with Crippen molar-refractivity contribution < 1.29 is 36.9 Å². The van der Waals surface area contributed by atoms with Crippen LogP contribution in [0.4, 0.5) is 23.8 Å². The summed E-state index contributed by atoms with van der Waals surface area (Å²) in [5.41, 5.74) is 1.53. The fourth-order valence-corrected chi connectivity index (χ4v) is 5.41. The Labute approximate surface area is 248 Å². The monoisotopic (exact) mass is 603 g/mol. The van der Waals surface area contributed by atoms with Crippen LogP contribution in [-0.4, -0.2) is 85.2 Å². The number of rotatable bonds is 10. The van der Waals surface area contributed by atoms with E-state index in [9.17, 15) is 18.0 Å². The van der Waals surface area contributed by atoms with E-state index in [0.29, 0.717) is 55.8 Å². The number of benzene rings is 2. The number of likely N-dealkylation sites (tertiary alicyclic amines) is 1. The highest BCUT2D eigenvalue weighted by atomic mass is 19.2. The first-order valence-electron chi connectivity index (χ1n) is 14.1. The number of methoxy groups -OCH3 is 1. The number of anilines is 1. The predicted molar refractivity (Wildman–Crippen MR) is 152 cm³/mol. The van der Waals surface area contributed by atoms with Crippen molar-refractivity contribution in [3.63, 3.8) is 0 Å². The molecule has 3 heterocycles. The summed E-state index contributed by atoms with van der Waals surface area (Å²) in [5, 5.41) is 10.5. The second-order valence-corrected chi connectivity index (χ2v) is 11.2. The van der Waals surface area contributed by atoms with Crippen molar-refractivity contribution in [2.24, 2.45) is 0 Å². The van der Waals surface area contributed by atoms with Gasteiger partial charge in [0.2, 0.25) is 5.88 Å². The fraction of sp³-hybridized carbons (Fsp3) is 0.467. The molecule has 0 radical (unpaired) electrons. The molecule has 43 heavy (non-hydrogen) atoms. The largest absolute Gasteiger partial charge is 0.473 e. The number of aromatic nitrogens is 2. The van der Waals surface area contributed by atoms with E-state index in [4.69, 9.17) is 18.9 Å². The van der Waals surface area contributed by atoms with Crippen LogP contribution in [0.3, 0.4) is 0 Å². The molecule has 13 heteroatoms. The number of nitrogens with one attached hydrogen (secondary N) is 2. The molecule has 1 aromatic heterocycles. The van der Waals surface area contributed by atoms with Gasteiger partial charge < -0.3 is 24.3 Å². The summed E-state index contributed by atoms with van der Waals surface area (Å²) in [6, 6.07) is 10.1. The van der Waals surface area contributed by atoms with Gasteiger partial charge in [-0.15, -0.1) is 5.10 Å². The number of carbonyl (C=O) groups excluding carboxylic acids is 1. The highest BCUT2D eigenvalue weighted by molar-refractivity contribution is 5.90. The standard InChI is InChI=1S/C30H36F3N5O5/c1-18-27(38(20-8-6-5-7-9-20)36-28(18)41-16-21-17-42-30(2,3)43-21)35-29(39)34-25-15-37(10-11-40-4)14-22(25)19-12-23(31)26(33)24(32)13-19/h5-9,12-13,21-22,25H,10-11,14-17H2,1-4H3,(H2,34,35,39)/t21-,22-,25+/m0/s1. The maximum Gasteiger partial charge on any atom is 0.320 e. The molecule has 0 unspecified atom stereocenters. The number of para-hydroxylation sites is 1. The zero-order valence-electron chi connectivity index (χ0n) is 24.5. The first-order valence-corrected chi connectivity index (χ1v) is 14.1. The molecule has 3 atom stereocenters. The van der Waals surface area contributed by atoms with Gasteiger partial charge in [0, 0.05) is 32.7 Å². The molecule has 0 bridgehead atoms. The van der Waals surface area contributed by atoms with E-state index in [1.54, 1.807) is 18.7 Å². The van der Waals surface area contributed by atoms with Crippen LogP contribution in [0.5, 0.6) is 5.88 Å². The summed E-state index contributed by atoms with van der Waals surface area (Å²) in [6.45, 7) is 7.79. The van der Waals surface area contributed by atoms with Crippen LogP contribution in [-0.2, 0) is 14.2 Å². The van der Waals surface area contributed by atoms with Crippen LogP contribution in [0.2, 0.25) is 0 Å². The third kappa shape index (κ3) is 7.12. The summed E-state index contributed by atoms with van der Waals surface area (Å²) in [7, 11) is 1.58. The Morgan fingerprint density at radius 2 is 1.86 bits per heavy atom. The van der Waals surface area contributed by atoms with Gasteiger partial charge in [0.25, 0.3) is 0 Å². The van der Waals surface area contributed by atoms with Crippen molar-refractivity contribution in [1.29, 1.82) is 0 Å². The summed E-state index contributed by atoms with van der Waals surface area (Å²) in [4.78, 5) is 15.5. The average Bonchev–Trinajstić information content (AvgIpc) is 3.64. The third-order valence-corrected chi connectivity index (χ3v) is 7.54. The quantitative estimate of drug-likeness (QED) is 0.332. The van der Waals surface area contributed by atoms with Crippen LogP contribution in [0.15, 0.2) is 42.5 Å². The lowest BCUT2D eigenvalue weighted by atomic mass is 9.94. The predicted octanol–water partition coefficient (Wildman–Crippen LogP) is 4.36. The smallest absolute Gasteiger partial charge is 0.320 e. The summed E-state index contributed by atoms with van der Waals surface area (Å²) >= 11 is 0. The number of nitrogens with zero attached hydrogens (tertiary/aromatic N) is 3. The maximum atomic E-state index is 14.1. The fourth-order valence-electron chi connectivity index (χ4n) is 5.41. The summed E-state index contributed by atoms with van der Waals surface area (Å²) in [6.07, 6.45) is -0.280. The molecule has 2 fully saturated rings. The van der Waals surface area contributed by atoms with Crippen molar-refractivity contribution in [3.8, 4) is 11.6 Å². The van der Waals surface area contributed by atoms with Gasteiger partial charge in [0.05, 0.1) is 30.5 Å². The second kappa shape index (κ2) is 12.9. The van der Waals surface area contributed by atoms with Crippen LogP contribution < -0.4 is 15.4 Å². The highest BCUT2D eigenvalue weighted by Gasteiger charge is 2.36. The van der Waals surface area contributed by atoms with Crippen LogP contribution in [0.25, 0.3) is 5.69 Å². The second-order valence-electron chi connectivity index (χ2n) is 11.2. The van der Waals surface area contributed by atoms with E-state index in [-0.39, 0.29) is 18.3 Å². The lowest BCUT2D eigenvalue weighted by molar-refractivity contribution is -0.141. The molecule has 0 aliphatic carbocycles. The molecule has 2 aliphatic heterocycles. The number of amides is 2. The Bertz CT molecular complexity index is 1410. The minimum Gasteiger partial charge on any atom is -0.473 e. The van der Waals surface area contributed by atoms with Crippen molar-refractivity contribution in [2.75, 3.05) is 51.9 Å². The lowest BCUT2D eigenvalue weighted by Crippen LogP contribution is -2.42. The number of hydrogen-bond donors (Lipinski definition) is 2. The van der Waals surface area contributed by atoms with Crippen molar-refractivity contribution in [2.45, 2.75) is 44.6 Å². The van der Waals surface area contributed by atoms with Gasteiger partial charge in [-0.25, -0.2) is 22.6 Å². The van der Waals surface area contributed by atoms with Crippen LogP contribution >= 0.6 is 0 Å². The number of halogens is 3. The van der Waals surface area contributed by atoms with E-state index < -0.39 is 41.2 Å². The van der Waals surface area contributed by atoms with Crippen molar-refractivity contribution in [3.05, 3.63) is 71.0 Å². The molecule has 2 aliphatic rings. The van der Waals surface area contributed by atoms with E-state index in [1.165, 1.54) is 0 Å². The van der Waals surface area contributed by atoms with Crippen molar-refractivity contribution in [1.82, 2.24) is 20.0 Å². The molecule has 2 saturated heterocycles. The lowest BCUT2D eigenvalue weighted by Gasteiger charge is -2.21. The van der Waals surface area contributed by atoms with Crippen LogP contribution in [0, 0.1) is 24.4 Å². The van der Waals surface area contributed by atoms with Gasteiger partial charge in [-0.05, 0) is 50.6 Å².